The molecule has 0 aromatic heterocycles. The summed E-state index contributed by atoms with van der Waals surface area (Å²) in [6.07, 6.45) is -1.21. The number of hydrogen-bond acceptors (Lipinski definition) is 4. The fourth-order valence-corrected chi connectivity index (χ4v) is 3.91. The molecule has 198 valence electrons. The molecule has 3 rings (SSSR count). The summed E-state index contributed by atoms with van der Waals surface area (Å²) in [4.78, 5) is 36.2. The first-order valence-corrected chi connectivity index (χ1v) is 12.0. The molecule has 0 radical (unpaired) electrons. The lowest BCUT2D eigenvalue weighted by molar-refractivity contribution is -0.134. The smallest absolute Gasteiger partial charge is 0.410 e. The second-order valence-corrected chi connectivity index (χ2v) is 8.90. The third-order valence-electron chi connectivity index (χ3n) is 5.36. The van der Waals surface area contributed by atoms with Gasteiger partial charge in [-0.2, -0.15) is 0 Å². The molecule has 1 N–H and O–H groups in total. The molecule has 10 heteroatoms. The maximum Gasteiger partial charge on any atom is 0.410 e. The molecule has 2 aliphatic heterocycles. The van der Waals surface area contributed by atoms with Gasteiger partial charge in [-0.1, -0.05) is 27.7 Å². The van der Waals surface area contributed by atoms with Gasteiger partial charge < -0.3 is 9.64 Å². The predicted octanol–water partition coefficient (Wildman–Crippen LogP) is 5.90. The quantitative estimate of drug-likeness (QED) is 0.402. The van der Waals surface area contributed by atoms with Crippen LogP contribution in [-0.2, 0) is 14.3 Å². The zero-order valence-electron chi connectivity index (χ0n) is 21.4. The first kappa shape index (κ1) is 30.4. The highest BCUT2D eigenvalue weighted by Crippen LogP contribution is 2.42. The van der Waals surface area contributed by atoms with E-state index in [1.807, 2.05) is 27.7 Å². The Morgan fingerprint density at radius 3 is 2.09 bits per heavy atom. The number of ether oxygens (including phenoxy) is 1. The van der Waals surface area contributed by atoms with E-state index in [-0.39, 0.29) is 31.4 Å². The van der Waals surface area contributed by atoms with Crippen LogP contribution in [0, 0.1) is 11.6 Å². The number of benzene rings is 1. The van der Waals surface area contributed by atoms with Crippen molar-refractivity contribution in [2.75, 3.05) is 13.1 Å². The van der Waals surface area contributed by atoms with Gasteiger partial charge in [-0.15, -0.1) is 0 Å². The summed E-state index contributed by atoms with van der Waals surface area (Å²) >= 11 is 0. The normalized spacial score (nSPS) is 21.6. The first-order chi connectivity index (χ1) is 16.3. The molecule has 6 nitrogen and oxygen atoms in total. The van der Waals surface area contributed by atoms with Gasteiger partial charge in [0.15, 0.2) is 0 Å². The maximum atomic E-state index is 14.8. The van der Waals surface area contributed by atoms with Gasteiger partial charge in [0.05, 0.1) is 18.4 Å². The second-order valence-electron chi connectivity index (χ2n) is 8.90. The van der Waals surface area contributed by atoms with E-state index in [1.54, 1.807) is 20.8 Å². The molecular weight excluding hydrogens is 468 g/mol. The van der Waals surface area contributed by atoms with Crippen molar-refractivity contribution in [1.82, 2.24) is 10.2 Å². The Hall–Kier alpha value is -2.65. The molecular formula is C25H36F4N2O4. The number of alkyl halides is 2. The Morgan fingerprint density at radius 2 is 1.57 bits per heavy atom. The van der Waals surface area contributed by atoms with Gasteiger partial charge in [0, 0.05) is 18.5 Å². The standard InChI is InChI=1S/C21H24F4N2O4.2C2H6/c1-20(2,3)31-19(30)27-7-6-14(21(24,25)10-27)13-9-15(22)12(8-16(13)23)11-4-5-17(28)26-18(11)29;2*1-2/h8-9,11,14H,4-7,10H2,1-3H3,(H,26,28,29);2*1-2H3. The Balaban J connectivity index is 0.00000145. The molecule has 2 aliphatic rings. The van der Waals surface area contributed by atoms with Crippen LogP contribution in [-0.4, -0.2) is 47.4 Å². The summed E-state index contributed by atoms with van der Waals surface area (Å²) in [6.45, 7) is 11.7. The molecule has 1 aromatic carbocycles. The number of amides is 3. The highest BCUT2D eigenvalue weighted by Gasteiger charge is 2.48. The van der Waals surface area contributed by atoms with Crippen molar-refractivity contribution in [2.45, 2.75) is 91.1 Å². The van der Waals surface area contributed by atoms with E-state index in [2.05, 4.69) is 5.32 Å². The zero-order valence-corrected chi connectivity index (χ0v) is 21.4. The number of hydrogen-bond donors (Lipinski definition) is 1. The Labute approximate surface area is 204 Å². The number of piperidine rings is 2. The number of halogens is 4. The maximum absolute atomic E-state index is 14.8. The van der Waals surface area contributed by atoms with Gasteiger partial charge in [0.25, 0.3) is 5.92 Å². The molecule has 3 amide bonds. The van der Waals surface area contributed by atoms with Crippen LogP contribution in [0.5, 0.6) is 0 Å². The lowest BCUT2D eigenvalue weighted by Crippen LogP contribution is -2.51. The van der Waals surface area contributed by atoms with Gasteiger partial charge >= 0.3 is 6.09 Å². The van der Waals surface area contributed by atoms with Crippen molar-refractivity contribution in [3.63, 3.8) is 0 Å². The van der Waals surface area contributed by atoms with Gasteiger partial charge in [-0.3, -0.25) is 14.9 Å². The molecule has 0 bridgehead atoms. The highest BCUT2D eigenvalue weighted by atomic mass is 19.3. The molecule has 2 saturated heterocycles. The lowest BCUT2D eigenvalue weighted by Gasteiger charge is -2.39. The summed E-state index contributed by atoms with van der Waals surface area (Å²) in [5, 5.41) is 2.06. The number of carbonyl (C=O) groups is 3. The number of carbonyl (C=O) groups excluding carboxylic acids is 3. The molecule has 2 unspecified atom stereocenters. The topological polar surface area (TPSA) is 75.7 Å². The van der Waals surface area contributed by atoms with E-state index >= 15 is 0 Å². The third-order valence-corrected chi connectivity index (χ3v) is 5.36. The average molecular weight is 505 g/mol. The van der Waals surface area contributed by atoms with Crippen LogP contribution in [0.1, 0.15) is 90.7 Å². The summed E-state index contributed by atoms with van der Waals surface area (Å²) < 4.78 is 64.3. The molecule has 0 saturated carbocycles. The van der Waals surface area contributed by atoms with Gasteiger partial charge in [-0.25, -0.2) is 22.4 Å². The van der Waals surface area contributed by atoms with Crippen molar-refractivity contribution in [2.24, 2.45) is 0 Å². The largest absolute Gasteiger partial charge is 0.444 e. The Kier molecular flexibility index (Phi) is 10.7. The molecule has 2 heterocycles. The third kappa shape index (κ3) is 7.67. The van der Waals surface area contributed by atoms with Crippen LogP contribution >= 0.6 is 0 Å². The number of imide groups is 1. The minimum Gasteiger partial charge on any atom is -0.444 e. The SMILES string of the molecule is CC.CC.CC(C)(C)OC(=O)N1CCC(c2cc(F)c(C3CCC(=O)NC3=O)cc2F)C(F)(F)C1. The van der Waals surface area contributed by atoms with E-state index in [0.717, 1.165) is 11.0 Å². The number of nitrogens with one attached hydrogen (secondary N) is 1. The fraction of sp³-hybridized carbons (Fsp3) is 0.640. The predicted molar refractivity (Wildman–Crippen MR) is 124 cm³/mol. The van der Waals surface area contributed by atoms with Crippen molar-refractivity contribution in [1.29, 1.82) is 0 Å². The van der Waals surface area contributed by atoms with Crippen LogP contribution in [0.25, 0.3) is 0 Å². The van der Waals surface area contributed by atoms with Gasteiger partial charge in [0.1, 0.15) is 17.2 Å². The van der Waals surface area contributed by atoms with Crippen molar-refractivity contribution in [3.8, 4) is 0 Å². The van der Waals surface area contributed by atoms with Crippen molar-refractivity contribution < 1.29 is 36.7 Å². The summed E-state index contributed by atoms with van der Waals surface area (Å²) in [7, 11) is 0. The zero-order chi connectivity index (χ0) is 27.1. The first-order valence-electron chi connectivity index (χ1n) is 12.0. The second kappa shape index (κ2) is 12.4. The molecule has 0 aliphatic carbocycles. The minimum atomic E-state index is -3.52. The van der Waals surface area contributed by atoms with Crippen molar-refractivity contribution >= 4 is 17.9 Å². The summed E-state index contributed by atoms with van der Waals surface area (Å²) in [5.41, 5.74) is -1.65. The molecule has 0 spiro atoms. The number of likely N-dealkylation sites (tertiary alicyclic amines) is 1. The number of rotatable bonds is 2. The van der Waals surface area contributed by atoms with E-state index in [4.69, 9.17) is 4.74 Å². The highest BCUT2D eigenvalue weighted by molar-refractivity contribution is 6.00. The molecule has 2 atom stereocenters. The van der Waals surface area contributed by atoms with Crippen LogP contribution in [0.2, 0.25) is 0 Å². The van der Waals surface area contributed by atoms with Crippen molar-refractivity contribution in [3.05, 3.63) is 34.9 Å². The van der Waals surface area contributed by atoms with E-state index in [0.29, 0.717) is 6.07 Å². The molecule has 35 heavy (non-hydrogen) atoms. The van der Waals surface area contributed by atoms with Crippen LogP contribution in [0.3, 0.4) is 0 Å². The molecule has 2 fully saturated rings. The van der Waals surface area contributed by atoms with Crippen LogP contribution < -0.4 is 5.32 Å². The van der Waals surface area contributed by atoms with Gasteiger partial charge in [0.2, 0.25) is 11.8 Å². The van der Waals surface area contributed by atoms with E-state index in [9.17, 15) is 31.9 Å². The monoisotopic (exact) mass is 504 g/mol. The minimum absolute atomic E-state index is 0.00477. The van der Waals surface area contributed by atoms with E-state index in [1.165, 1.54) is 0 Å². The van der Waals surface area contributed by atoms with Crippen LogP contribution in [0.4, 0.5) is 22.4 Å². The van der Waals surface area contributed by atoms with Gasteiger partial charge in [-0.05, 0) is 51.3 Å². The fourth-order valence-electron chi connectivity index (χ4n) is 3.91. The average Bonchev–Trinajstić information content (AvgIpc) is 2.76. The summed E-state index contributed by atoms with van der Waals surface area (Å²) in [6, 6.07) is 1.44. The molecule has 1 aromatic rings. The lowest BCUT2D eigenvalue weighted by atomic mass is 9.83. The number of nitrogens with zero attached hydrogens (tertiary/aromatic N) is 1. The summed E-state index contributed by atoms with van der Waals surface area (Å²) in [5.74, 6) is -9.54. The van der Waals surface area contributed by atoms with Crippen LogP contribution in [0.15, 0.2) is 12.1 Å². The Bertz CT molecular complexity index is 915. The Morgan fingerprint density at radius 1 is 1.03 bits per heavy atom. The van der Waals surface area contributed by atoms with E-state index < -0.39 is 65.0 Å².